The van der Waals surface area contributed by atoms with E-state index >= 15 is 0 Å². The maximum atomic E-state index is 15.0. The Bertz CT molecular complexity index is 1630. The molecule has 47 heavy (non-hydrogen) atoms. The van der Waals surface area contributed by atoms with Gasteiger partial charge in [-0.2, -0.15) is 0 Å². The van der Waals surface area contributed by atoms with Crippen molar-refractivity contribution in [2.45, 2.75) is 95.7 Å². The Kier molecular flexibility index (Phi) is 9.98. The van der Waals surface area contributed by atoms with Crippen LogP contribution in [-0.2, 0) is 17.8 Å². The Morgan fingerprint density at radius 1 is 0.915 bits per heavy atom. The number of likely N-dealkylation sites (N-methyl/N-ethyl adjacent to an activating group) is 2. The zero-order valence-corrected chi connectivity index (χ0v) is 30.2. The van der Waals surface area contributed by atoms with Crippen LogP contribution in [-0.4, -0.2) is 84.9 Å². The van der Waals surface area contributed by atoms with E-state index in [4.69, 9.17) is 4.74 Å². The molecule has 3 aliphatic rings. The Morgan fingerprint density at radius 3 is 2.30 bits per heavy atom. The lowest BCUT2D eigenvalue weighted by Gasteiger charge is -2.44. The molecule has 0 radical (unpaired) electrons. The van der Waals surface area contributed by atoms with Crippen LogP contribution in [0.5, 0.6) is 5.75 Å². The summed E-state index contributed by atoms with van der Waals surface area (Å²) in [5.74, 6) is 1.32. The minimum atomic E-state index is -0.704. The molecule has 2 heterocycles. The van der Waals surface area contributed by atoms with Crippen molar-refractivity contribution in [1.29, 1.82) is 0 Å². The molecule has 3 aromatic rings. The highest BCUT2D eigenvalue weighted by molar-refractivity contribution is 7.95. The van der Waals surface area contributed by atoms with Crippen molar-refractivity contribution in [1.82, 2.24) is 23.4 Å². The third-order valence-electron chi connectivity index (χ3n) is 11.0. The fourth-order valence-electron chi connectivity index (χ4n) is 8.73. The molecule has 2 amide bonds. The van der Waals surface area contributed by atoms with E-state index in [2.05, 4.69) is 70.4 Å². The largest absolute Gasteiger partial charge is 0.497 e. The zero-order chi connectivity index (χ0) is 33.5. The first kappa shape index (κ1) is 33.9. The predicted octanol–water partition coefficient (Wildman–Crippen LogP) is 7.11. The number of fused-ring (bicyclic) bond motifs is 5. The average Bonchev–Trinajstić information content (AvgIpc) is 3.31. The van der Waals surface area contributed by atoms with Crippen LogP contribution < -0.4 is 9.46 Å². The molecule has 2 aromatic carbocycles. The number of hydrogen-bond acceptors (Lipinski definition) is 6. The van der Waals surface area contributed by atoms with E-state index < -0.39 is 5.41 Å². The number of benzene rings is 2. The summed E-state index contributed by atoms with van der Waals surface area (Å²) in [6.07, 6.45) is 11.2. The molecule has 0 spiro atoms. The number of amides is 2. The second-order valence-electron chi connectivity index (χ2n) is 14.8. The quantitative estimate of drug-likeness (QED) is 0.260. The summed E-state index contributed by atoms with van der Waals surface area (Å²) in [5.41, 5.74) is 5.89. The molecule has 254 valence electrons. The lowest BCUT2D eigenvalue weighted by molar-refractivity contribution is -0.144. The molecular weight excluding hydrogens is 607 g/mol. The van der Waals surface area contributed by atoms with E-state index in [9.17, 15) is 9.59 Å². The van der Waals surface area contributed by atoms with Gasteiger partial charge in [0.1, 0.15) is 5.75 Å². The van der Waals surface area contributed by atoms with Gasteiger partial charge >= 0.3 is 0 Å². The summed E-state index contributed by atoms with van der Waals surface area (Å²) in [4.78, 5) is 32.7. The van der Waals surface area contributed by atoms with Crippen molar-refractivity contribution in [3.63, 3.8) is 0 Å². The first-order valence-corrected chi connectivity index (χ1v) is 18.2. The standard InChI is InChI=1S/C38H53N5O3S/c1-38(37(45)42(6)32-16-12-11-15-31(32)40(2)3)23-27-21-28(46-7)18-20-29(27)35-34(25-13-9-8-10-14-25)30-19-17-26(22-33(30)43(35)24-38)36(44)39-47-41(4)5/h17-22,25,31-32H,8-16,23-24H2,1-7H3,(H,39,44)/t31-,32-,38?/m1/s1. The van der Waals surface area contributed by atoms with Gasteiger partial charge in [-0.15, -0.1) is 0 Å². The number of carbonyl (C=O) groups is 2. The predicted molar refractivity (Wildman–Crippen MR) is 193 cm³/mol. The molecule has 1 N–H and O–H groups in total. The molecule has 6 rings (SSSR count). The third kappa shape index (κ3) is 6.55. The molecule has 1 aliphatic heterocycles. The van der Waals surface area contributed by atoms with Gasteiger partial charge in [-0.25, -0.2) is 4.31 Å². The lowest BCUT2D eigenvalue weighted by Crippen LogP contribution is -2.55. The van der Waals surface area contributed by atoms with Gasteiger partial charge in [0.25, 0.3) is 5.91 Å². The van der Waals surface area contributed by atoms with Crippen molar-refractivity contribution in [3.05, 3.63) is 53.1 Å². The zero-order valence-electron chi connectivity index (χ0n) is 29.4. The van der Waals surface area contributed by atoms with Crippen LogP contribution >= 0.6 is 12.1 Å². The fraction of sp³-hybridized carbons (Fsp3) is 0.579. The highest BCUT2D eigenvalue weighted by Crippen LogP contribution is 2.49. The molecule has 9 heteroatoms. The van der Waals surface area contributed by atoms with Crippen molar-refractivity contribution < 1.29 is 14.3 Å². The van der Waals surface area contributed by atoms with E-state index in [1.807, 2.05) is 31.5 Å². The highest BCUT2D eigenvalue weighted by Gasteiger charge is 2.44. The summed E-state index contributed by atoms with van der Waals surface area (Å²) >= 11 is 1.28. The van der Waals surface area contributed by atoms with Gasteiger partial charge in [0.05, 0.1) is 18.2 Å². The first-order valence-electron chi connectivity index (χ1n) is 17.4. The van der Waals surface area contributed by atoms with Crippen molar-refractivity contribution in [2.24, 2.45) is 5.41 Å². The summed E-state index contributed by atoms with van der Waals surface area (Å²) in [6.45, 7) is 2.71. The van der Waals surface area contributed by atoms with Crippen LogP contribution in [0.15, 0.2) is 36.4 Å². The molecule has 1 unspecified atom stereocenters. The number of carbonyl (C=O) groups excluding carboxylic acids is 2. The summed E-state index contributed by atoms with van der Waals surface area (Å²) in [5, 5.41) is 1.20. The van der Waals surface area contributed by atoms with Crippen molar-refractivity contribution in [3.8, 4) is 17.0 Å². The normalized spacial score (nSPS) is 23.3. The number of nitrogens with zero attached hydrogens (tertiary/aromatic N) is 4. The monoisotopic (exact) mass is 659 g/mol. The molecule has 8 nitrogen and oxygen atoms in total. The molecule has 2 aliphatic carbocycles. The maximum absolute atomic E-state index is 15.0. The second-order valence-corrected chi connectivity index (χ2v) is 15.9. The Balaban J connectivity index is 1.53. The number of hydrogen-bond donors (Lipinski definition) is 1. The summed E-state index contributed by atoms with van der Waals surface area (Å²) in [6, 6.07) is 13.1. The average molecular weight is 660 g/mol. The van der Waals surface area contributed by atoms with E-state index in [1.54, 1.807) is 7.11 Å². The van der Waals surface area contributed by atoms with E-state index in [0.29, 0.717) is 30.5 Å². The number of ether oxygens (including phenoxy) is 1. The first-order chi connectivity index (χ1) is 22.5. The SMILES string of the molecule is COc1ccc2c(c1)CC(C)(C(=O)N(C)[C@@H]1CCCC[C@H]1N(C)C)Cn1c-2c(C2CCCCC2)c2ccc(C(=O)NSN(C)C)cc21. The Labute approximate surface area is 285 Å². The van der Waals surface area contributed by atoms with Crippen molar-refractivity contribution in [2.75, 3.05) is 42.3 Å². The van der Waals surface area contributed by atoms with Gasteiger partial charge in [-0.3, -0.25) is 14.3 Å². The Morgan fingerprint density at radius 2 is 1.62 bits per heavy atom. The second kappa shape index (κ2) is 13.8. The van der Waals surface area contributed by atoms with Gasteiger partial charge in [-0.05, 0) is 115 Å². The minimum Gasteiger partial charge on any atom is -0.497 e. The minimum absolute atomic E-state index is 0.121. The maximum Gasteiger partial charge on any atom is 0.262 e. The number of methoxy groups -OCH3 is 1. The Hall–Kier alpha value is -3.01. The van der Waals surface area contributed by atoms with E-state index in [1.165, 1.54) is 60.0 Å². The molecule has 1 aromatic heterocycles. The molecular formula is C38H53N5O3S. The van der Waals surface area contributed by atoms with Gasteiger partial charge in [-0.1, -0.05) is 38.2 Å². The third-order valence-corrected chi connectivity index (χ3v) is 11.7. The van der Waals surface area contributed by atoms with Gasteiger partial charge in [0.15, 0.2) is 0 Å². The van der Waals surface area contributed by atoms with E-state index in [-0.39, 0.29) is 17.9 Å². The molecule has 2 fully saturated rings. The molecule has 0 saturated heterocycles. The molecule has 2 saturated carbocycles. The number of aromatic nitrogens is 1. The van der Waals surface area contributed by atoms with E-state index in [0.717, 1.165) is 48.9 Å². The number of nitrogens with one attached hydrogen (secondary N) is 1. The topological polar surface area (TPSA) is 70.0 Å². The van der Waals surface area contributed by atoms with Gasteiger partial charge < -0.3 is 19.1 Å². The summed E-state index contributed by atoms with van der Waals surface area (Å²) in [7, 11) is 11.9. The van der Waals surface area contributed by atoms with Crippen LogP contribution in [0.4, 0.5) is 0 Å². The van der Waals surface area contributed by atoms with Crippen LogP contribution in [0.3, 0.4) is 0 Å². The van der Waals surface area contributed by atoms with Crippen LogP contribution in [0.2, 0.25) is 0 Å². The van der Waals surface area contributed by atoms with Crippen LogP contribution in [0.1, 0.15) is 92.1 Å². The molecule has 0 bridgehead atoms. The van der Waals surface area contributed by atoms with Crippen molar-refractivity contribution >= 4 is 34.9 Å². The fourth-order valence-corrected chi connectivity index (χ4v) is 9.12. The molecule has 3 atom stereocenters. The number of rotatable bonds is 8. The van der Waals surface area contributed by atoms with Crippen LogP contribution in [0.25, 0.3) is 22.2 Å². The van der Waals surface area contributed by atoms with Crippen LogP contribution in [0, 0.1) is 5.41 Å². The van der Waals surface area contributed by atoms with Gasteiger partial charge in [0, 0.05) is 59.8 Å². The lowest BCUT2D eigenvalue weighted by atomic mass is 9.79. The van der Waals surface area contributed by atoms with Gasteiger partial charge in [0.2, 0.25) is 5.91 Å². The smallest absolute Gasteiger partial charge is 0.262 e. The highest BCUT2D eigenvalue weighted by atomic mass is 32.2. The summed E-state index contributed by atoms with van der Waals surface area (Å²) < 4.78 is 13.0.